The van der Waals surface area contributed by atoms with Crippen LogP contribution in [0.1, 0.15) is 55.3 Å². The van der Waals surface area contributed by atoms with Crippen molar-refractivity contribution >= 4 is 11.8 Å². The van der Waals surface area contributed by atoms with Crippen LogP contribution in [0.25, 0.3) is 0 Å². The Kier molecular flexibility index (Phi) is 4.68. The Morgan fingerprint density at radius 2 is 2.00 bits per heavy atom. The van der Waals surface area contributed by atoms with E-state index in [-0.39, 0.29) is 17.9 Å². The van der Waals surface area contributed by atoms with E-state index in [0.717, 1.165) is 32.2 Å². The molecule has 1 aromatic heterocycles. The number of likely N-dealkylation sites (tertiary alicyclic amines) is 1. The van der Waals surface area contributed by atoms with Gasteiger partial charge in [-0.25, -0.2) is 4.79 Å². The summed E-state index contributed by atoms with van der Waals surface area (Å²) < 4.78 is 1.64. The van der Waals surface area contributed by atoms with Gasteiger partial charge in [-0.2, -0.15) is 5.10 Å². The highest BCUT2D eigenvalue weighted by atomic mass is 16.2. The van der Waals surface area contributed by atoms with Crippen LogP contribution in [0.15, 0.2) is 12.4 Å². The maximum atomic E-state index is 12.8. The molecule has 0 N–H and O–H groups in total. The van der Waals surface area contributed by atoms with Crippen LogP contribution in [-0.2, 0) is 7.05 Å². The van der Waals surface area contributed by atoms with E-state index in [0.29, 0.717) is 18.0 Å². The minimum absolute atomic E-state index is 0.0269. The van der Waals surface area contributed by atoms with Crippen molar-refractivity contribution in [2.45, 2.75) is 57.0 Å². The van der Waals surface area contributed by atoms with Gasteiger partial charge in [0.05, 0.1) is 11.8 Å². The van der Waals surface area contributed by atoms with Gasteiger partial charge in [0.25, 0.3) is 0 Å². The van der Waals surface area contributed by atoms with Crippen LogP contribution in [0.4, 0.5) is 4.79 Å². The summed E-state index contributed by atoms with van der Waals surface area (Å²) in [6.45, 7) is 0.765. The molecule has 0 bridgehead atoms. The molecule has 1 saturated carbocycles. The van der Waals surface area contributed by atoms with Gasteiger partial charge in [-0.05, 0) is 25.7 Å². The molecule has 1 aliphatic heterocycles. The van der Waals surface area contributed by atoms with Crippen LogP contribution in [-0.4, -0.2) is 57.1 Å². The smallest absolute Gasteiger partial charge is 0.320 e. The number of urea groups is 1. The molecule has 2 aliphatic rings. The lowest BCUT2D eigenvalue weighted by Crippen LogP contribution is -2.47. The minimum Gasteiger partial charge on any atom is -0.325 e. The molecule has 1 saturated heterocycles. The van der Waals surface area contributed by atoms with Crippen LogP contribution in [0.2, 0.25) is 0 Å². The molecule has 2 heterocycles. The SMILES string of the molecule is CN(C(=O)N1CCC[C@@H]1CC(=O)c1cnn(C)c1)C1CCCC1. The second kappa shape index (κ2) is 6.72. The molecule has 6 heteroatoms. The number of aryl methyl sites for hydroxylation is 1. The molecule has 126 valence electrons. The van der Waals surface area contributed by atoms with Crippen molar-refractivity contribution in [1.29, 1.82) is 0 Å². The zero-order valence-corrected chi connectivity index (χ0v) is 14.1. The third-order valence-corrected chi connectivity index (χ3v) is 5.24. The van der Waals surface area contributed by atoms with Crippen molar-refractivity contribution < 1.29 is 9.59 Å². The van der Waals surface area contributed by atoms with Gasteiger partial charge in [-0.1, -0.05) is 12.8 Å². The van der Waals surface area contributed by atoms with E-state index in [1.807, 2.05) is 16.8 Å². The highest BCUT2D eigenvalue weighted by molar-refractivity contribution is 5.96. The van der Waals surface area contributed by atoms with E-state index in [1.54, 1.807) is 24.1 Å². The van der Waals surface area contributed by atoms with Gasteiger partial charge in [0.15, 0.2) is 5.78 Å². The number of carbonyl (C=O) groups is 2. The predicted octanol–water partition coefficient (Wildman–Crippen LogP) is 2.45. The molecule has 3 rings (SSSR count). The molecular formula is C17H26N4O2. The number of Topliss-reactive ketones (excluding diaryl/α,β-unsaturated/α-hetero) is 1. The monoisotopic (exact) mass is 318 g/mol. The molecule has 1 atom stereocenters. The van der Waals surface area contributed by atoms with Gasteiger partial charge < -0.3 is 9.80 Å². The van der Waals surface area contributed by atoms with Crippen molar-refractivity contribution in [2.75, 3.05) is 13.6 Å². The summed E-state index contributed by atoms with van der Waals surface area (Å²) >= 11 is 0. The molecule has 2 amide bonds. The van der Waals surface area contributed by atoms with E-state index >= 15 is 0 Å². The number of rotatable bonds is 4. The lowest BCUT2D eigenvalue weighted by Gasteiger charge is -2.32. The summed E-state index contributed by atoms with van der Waals surface area (Å²) in [5, 5.41) is 4.05. The van der Waals surface area contributed by atoms with Gasteiger partial charge in [-0.3, -0.25) is 9.48 Å². The third kappa shape index (κ3) is 3.41. The zero-order valence-electron chi connectivity index (χ0n) is 14.1. The zero-order chi connectivity index (χ0) is 16.4. The summed E-state index contributed by atoms with van der Waals surface area (Å²) in [4.78, 5) is 29.0. The van der Waals surface area contributed by atoms with Crippen molar-refractivity contribution in [3.05, 3.63) is 18.0 Å². The number of aromatic nitrogens is 2. The first-order chi connectivity index (χ1) is 11.1. The van der Waals surface area contributed by atoms with Gasteiger partial charge in [-0.15, -0.1) is 0 Å². The summed E-state index contributed by atoms with van der Waals surface area (Å²) in [6.07, 6.45) is 10.3. The first-order valence-corrected chi connectivity index (χ1v) is 8.61. The largest absolute Gasteiger partial charge is 0.325 e. The fourth-order valence-electron chi connectivity index (χ4n) is 3.85. The van der Waals surface area contributed by atoms with Gasteiger partial charge >= 0.3 is 6.03 Å². The molecule has 0 unspecified atom stereocenters. The van der Waals surface area contributed by atoms with Crippen molar-refractivity contribution in [3.63, 3.8) is 0 Å². The lowest BCUT2D eigenvalue weighted by atomic mass is 10.0. The molecule has 0 spiro atoms. The Labute approximate surface area is 137 Å². The minimum atomic E-state index is 0.0269. The summed E-state index contributed by atoms with van der Waals surface area (Å²) in [5.41, 5.74) is 0.635. The van der Waals surface area contributed by atoms with Gasteiger partial charge in [0.2, 0.25) is 0 Å². The summed E-state index contributed by atoms with van der Waals surface area (Å²) in [5.74, 6) is 0.0753. The van der Waals surface area contributed by atoms with Crippen LogP contribution in [0.3, 0.4) is 0 Å². The van der Waals surface area contributed by atoms with Crippen LogP contribution in [0, 0.1) is 0 Å². The average Bonchev–Trinajstić information content (AvgIpc) is 3.26. The topological polar surface area (TPSA) is 58.4 Å². The van der Waals surface area contributed by atoms with Crippen LogP contribution >= 0.6 is 0 Å². The number of hydrogen-bond donors (Lipinski definition) is 0. The molecule has 1 aliphatic carbocycles. The van der Waals surface area contributed by atoms with E-state index in [1.165, 1.54) is 12.8 Å². The molecule has 0 aromatic carbocycles. The van der Waals surface area contributed by atoms with Crippen molar-refractivity contribution in [3.8, 4) is 0 Å². The van der Waals surface area contributed by atoms with E-state index in [2.05, 4.69) is 5.10 Å². The summed E-state index contributed by atoms with van der Waals surface area (Å²) in [6, 6.07) is 0.496. The number of ketones is 1. The Balaban J connectivity index is 1.62. The van der Waals surface area contributed by atoms with E-state index in [9.17, 15) is 9.59 Å². The van der Waals surface area contributed by atoms with Gasteiger partial charge in [0, 0.05) is 45.3 Å². The van der Waals surface area contributed by atoms with Crippen LogP contribution in [0.5, 0.6) is 0 Å². The molecule has 0 radical (unpaired) electrons. The number of nitrogens with zero attached hydrogens (tertiary/aromatic N) is 4. The molecule has 6 nitrogen and oxygen atoms in total. The fourth-order valence-corrected chi connectivity index (χ4v) is 3.85. The maximum absolute atomic E-state index is 12.8. The van der Waals surface area contributed by atoms with Crippen molar-refractivity contribution in [1.82, 2.24) is 19.6 Å². The predicted molar refractivity (Wildman–Crippen MR) is 87.3 cm³/mol. The first-order valence-electron chi connectivity index (χ1n) is 8.61. The number of amides is 2. The normalized spacial score (nSPS) is 21.8. The van der Waals surface area contributed by atoms with Crippen molar-refractivity contribution in [2.24, 2.45) is 7.05 Å². The fraction of sp³-hybridized carbons (Fsp3) is 0.706. The highest BCUT2D eigenvalue weighted by Crippen LogP contribution is 2.27. The third-order valence-electron chi connectivity index (χ3n) is 5.24. The molecule has 23 heavy (non-hydrogen) atoms. The standard InChI is InChI=1S/C17H26N4O2/c1-19-12-13(11-18-19)16(22)10-15-8-5-9-21(15)17(23)20(2)14-6-3-4-7-14/h11-12,14-15H,3-10H2,1-2H3/t15-/m1/s1. The Hall–Kier alpha value is -1.85. The first kappa shape index (κ1) is 16.0. The highest BCUT2D eigenvalue weighted by Gasteiger charge is 2.34. The Morgan fingerprint density at radius 3 is 2.65 bits per heavy atom. The second-order valence-electron chi connectivity index (χ2n) is 6.85. The average molecular weight is 318 g/mol. The molecular weight excluding hydrogens is 292 g/mol. The number of carbonyl (C=O) groups excluding carboxylic acids is 2. The molecule has 1 aromatic rings. The number of hydrogen-bond acceptors (Lipinski definition) is 3. The Morgan fingerprint density at radius 1 is 1.26 bits per heavy atom. The maximum Gasteiger partial charge on any atom is 0.320 e. The Bertz CT molecular complexity index is 577. The van der Waals surface area contributed by atoms with Crippen LogP contribution < -0.4 is 0 Å². The quantitative estimate of drug-likeness (QED) is 0.801. The lowest BCUT2D eigenvalue weighted by molar-refractivity contribution is 0.0937. The second-order valence-corrected chi connectivity index (χ2v) is 6.85. The molecule has 2 fully saturated rings. The van der Waals surface area contributed by atoms with E-state index in [4.69, 9.17) is 0 Å². The summed E-state index contributed by atoms with van der Waals surface area (Å²) in [7, 11) is 3.72. The van der Waals surface area contributed by atoms with Gasteiger partial charge in [0.1, 0.15) is 0 Å². The van der Waals surface area contributed by atoms with E-state index < -0.39 is 0 Å².